The number of aromatic carboxylic acids is 1. The van der Waals surface area contributed by atoms with E-state index in [1.807, 2.05) is 0 Å². The average molecular weight is 256 g/mol. The number of hydrogen-bond donors (Lipinski definition) is 1. The summed E-state index contributed by atoms with van der Waals surface area (Å²) in [7, 11) is 0. The number of rotatable bonds is 3. The lowest BCUT2D eigenvalue weighted by molar-refractivity contribution is 0.0686. The lowest BCUT2D eigenvalue weighted by Gasteiger charge is -2.05. The molecule has 0 unspecified atom stereocenters. The molecule has 0 atom stereocenters. The highest BCUT2D eigenvalue weighted by Crippen LogP contribution is 2.21. The van der Waals surface area contributed by atoms with Gasteiger partial charge in [0.15, 0.2) is 11.4 Å². The molecule has 1 aromatic heterocycles. The molecule has 4 nitrogen and oxygen atoms in total. The van der Waals surface area contributed by atoms with Crippen molar-refractivity contribution in [2.24, 2.45) is 0 Å². The molecule has 0 aromatic carbocycles. The second-order valence-corrected chi connectivity index (χ2v) is 3.21. The molecule has 0 aliphatic rings. The number of halogens is 1. The first-order valence-electron chi connectivity index (χ1n) is 3.60. The van der Waals surface area contributed by atoms with Crippen LogP contribution in [0, 0.1) is 12.3 Å². The van der Waals surface area contributed by atoms with Crippen LogP contribution in [0.3, 0.4) is 0 Å². The topological polar surface area (TPSA) is 59.4 Å². The fourth-order valence-electron chi connectivity index (χ4n) is 0.811. The van der Waals surface area contributed by atoms with Crippen LogP contribution in [0.15, 0.2) is 16.7 Å². The summed E-state index contributed by atoms with van der Waals surface area (Å²) in [5, 5.41) is 8.75. The molecule has 1 aromatic rings. The Morgan fingerprint density at radius 1 is 1.79 bits per heavy atom. The molecular formula is C9H6BrNO3. The normalized spacial score (nSPS) is 9.14. The standard InChI is InChI=1S/C9H6BrNO3/c1-2-3-14-7-4-6(10)5-11-8(7)9(12)13/h1,4-5H,3H2,(H,12,13). The number of carboxylic acid groups (broad SMARTS) is 1. The SMILES string of the molecule is C#CCOc1cc(Br)cnc1C(=O)O. The van der Waals surface area contributed by atoms with E-state index in [-0.39, 0.29) is 18.1 Å². The van der Waals surface area contributed by atoms with Crippen molar-refractivity contribution in [3.63, 3.8) is 0 Å². The summed E-state index contributed by atoms with van der Waals surface area (Å²) in [5.74, 6) is 1.25. The van der Waals surface area contributed by atoms with Crippen molar-refractivity contribution in [3.05, 3.63) is 22.4 Å². The zero-order chi connectivity index (χ0) is 10.6. The summed E-state index contributed by atoms with van der Waals surface area (Å²) in [6, 6.07) is 1.51. The molecule has 0 saturated carbocycles. The largest absolute Gasteiger partial charge is 0.478 e. The average Bonchev–Trinajstić information content (AvgIpc) is 2.14. The number of terminal acetylenes is 1. The van der Waals surface area contributed by atoms with Crippen LogP contribution in [-0.2, 0) is 0 Å². The number of aromatic nitrogens is 1. The van der Waals surface area contributed by atoms with Crippen LogP contribution < -0.4 is 4.74 Å². The Hall–Kier alpha value is -1.54. The predicted molar refractivity (Wildman–Crippen MR) is 53.2 cm³/mol. The fraction of sp³-hybridized carbons (Fsp3) is 0.111. The van der Waals surface area contributed by atoms with Crippen LogP contribution in [0.25, 0.3) is 0 Å². The van der Waals surface area contributed by atoms with Gasteiger partial charge >= 0.3 is 5.97 Å². The van der Waals surface area contributed by atoms with Crippen LogP contribution in [0.2, 0.25) is 0 Å². The number of nitrogens with zero attached hydrogens (tertiary/aromatic N) is 1. The van der Waals surface area contributed by atoms with Gasteiger partial charge in [-0.2, -0.15) is 0 Å². The molecule has 1 heterocycles. The molecule has 72 valence electrons. The molecule has 0 bridgehead atoms. The van der Waals surface area contributed by atoms with Gasteiger partial charge in [0.25, 0.3) is 0 Å². The number of carbonyl (C=O) groups is 1. The van der Waals surface area contributed by atoms with Crippen molar-refractivity contribution >= 4 is 21.9 Å². The monoisotopic (exact) mass is 255 g/mol. The van der Waals surface area contributed by atoms with Gasteiger partial charge in [-0.05, 0) is 22.0 Å². The van der Waals surface area contributed by atoms with E-state index in [0.29, 0.717) is 4.47 Å². The molecule has 0 aliphatic carbocycles. The molecule has 1 rings (SSSR count). The number of pyridine rings is 1. The molecule has 0 aliphatic heterocycles. The maximum atomic E-state index is 10.7. The quantitative estimate of drug-likeness (QED) is 0.833. The molecular weight excluding hydrogens is 250 g/mol. The second-order valence-electron chi connectivity index (χ2n) is 2.30. The summed E-state index contributed by atoms with van der Waals surface area (Å²) in [4.78, 5) is 14.4. The highest BCUT2D eigenvalue weighted by atomic mass is 79.9. The summed E-state index contributed by atoms with van der Waals surface area (Å²) in [5.41, 5.74) is -0.150. The van der Waals surface area contributed by atoms with Crippen molar-refractivity contribution in [2.75, 3.05) is 6.61 Å². The third-order valence-corrected chi connectivity index (χ3v) is 1.77. The van der Waals surface area contributed by atoms with E-state index in [1.54, 1.807) is 0 Å². The minimum Gasteiger partial charge on any atom is -0.478 e. The molecule has 0 spiro atoms. The van der Waals surface area contributed by atoms with Gasteiger partial charge in [-0.15, -0.1) is 6.42 Å². The van der Waals surface area contributed by atoms with Crippen molar-refractivity contribution < 1.29 is 14.6 Å². The smallest absolute Gasteiger partial charge is 0.358 e. The van der Waals surface area contributed by atoms with Gasteiger partial charge in [0.05, 0.1) is 0 Å². The Morgan fingerprint density at radius 2 is 2.50 bits per heavy atom. The van der Waals surface area contributed by atoms with Crippen LogP contribution in [0.5, 0.6) is 5.75 Å². The third kappa shape index (κ3) is 2.47. The Labute approximate surface area is 89.0 Å². The van der Waals surface area contributed by atoms with Gasteiger partial charge in [0, 0.05) is 10.7 Å². The van der Waals surface area contributed by atoms with Gasteiger partial charge < -0.3 is 9.84 Å². The first-order chi connectivity index (χ1) is 6.65. The minimum absolute atomic E-state index is 0.0123. The van der Waals surface area contributed by atoms with Crippen molar-refractivity contribution in [3.8, 4) is 18.1 Å². The first-order valence-corrected chi connectivity index (χ1v) is 4.39. The first kappa shape index (κ1) is 10.5. The van der Waals surface area contributed by atoms with E-state index in [9.17, 15) is 4.79 Å². The van der Waals surface area contributed by atoms with Gasteiger partial charge in [-0.1, -0.05) is 5.92 Å². The maximum absolute atomic E-state index is 10.7. The molecule has 5 heteroatoms. The molecule has 1 N–H and O–H groups in total. The molecule has 14 heavy (non-hydrogen) atoms. The summed E-state index contributed by atoms with van der Waals surface area (Å²) >= 11 is 3.15. The summed E-state index contributed by atoms with van der Waals surface area (Å²) < 4.78 is 5.65. The Balaban J connectivity index is 3.04. The van der Waals surface area contributed by atoms with Crippen LogP contribution >= 0.6 is 15.9 Å². The zero-order valence-corrected chi connectivity index (χ0v) is 8.61. The third-order valence-electron chi connectivity index (χ3n) is 1.33. The van der Waals surface area contributed by atoms with E-state index in [1.165, 1.54) is 12.3 Å². The highest BCUT2D eigenvalue weighted by molar-refractivity contribution is 9.10. The fourth-order valence-corrected chi connectivity index (χ4v) is 1.12. The lowest BCUT2D eigenvalue weighted by atomic mass is 10.3. The molecule has 0 radical (unpaired) electrons. The van der Waals surface area contributed by atoms with Crippen LogP contribution in [0.4, 0.5) is 0 Å². The minimum atomic E-state index is -1.15. The highest BCUT2D eigenvalue weighted by Gasteiger charge is 2.12. The molecule has 0 amide bonds. The molecule has 0 saturated heterocycles. The molecule has 0 fully saturated rings. The number of hydrogen-bond acceptors (Lipinski definition) is 3. The Bertz CT molecular complexity index is 398. The lowest BCUT2D eigenvalue weighted by Crippen LogP contribution is -2.05. The summed E-state index contributed by atoms with van der Waals surface area (Å²) in [6.45, 7) is 0.0123. The zero-order valence-electron chi connectivity index (χ0n) is 7.03. The predicted octanol–water partition coefficient (Wildman–Crippen LogP) is 1.55. The van der Waals surface area contributed by atoms with Crippen molar-refractivity contribution in [2.45, 2.75) is 0 Å². The second kappa shape index (κ2) is 4.63. The van der Waals surface area contributed by atoms with E-state index < -0.39 is 5.97 Å². The van der Waals surface area contributed by atoms with Crippen molar-refractivity contribution in [1.82, 2.24) is 4.98 Å². The number of ether oxygens (including phenoxy) is 1. The van der Waals surface area contributed by atoms with Crippen molar-refractivity contribution in [1.29, 1.82) is 0 Å². The van der Waals surface area contributed by atoms with E-state index in [0.717, 1.165) is 0 Å². The van der Waals surface area contributed by atoms with Gasteiger partial charge in [0.1, 0.15) is 6.61 Å². The van der Waals surface area contributed by atoms with Crippen LogP contribution in [0.1, 0.15) is 10.5 Å². The van der Waals surface area contributed by atoms with Crippen LogP contribution in [-0.4, -0.2) is 22.7 Å². The van der Waals surface area contributed by atoms with Gasteiger partial charge in [-0.3, -0.25) is 0 Å². The van der Waals surface area contributed by atoms with E-state index in [4.69, 9.17) is 16.3 Å². The maximum Gasteiger partial charge on any atom is 0.358 e. The van der Waals surface area contributed by atoms with E-state index >= 15 is 0 Å². The van der Waals surface area contributed by atoms with E-state index in [2.05, 4.69) is 26.8 Å². The van der Waals surface area contributed by atoms with Gasteiger partial charge in [-0.25, -0.2) is 9.78 Å². The number of carboxylic acids is 1. The van der Waals surface area contributed by atoms with Gasteiger partial charge in [0.2, 0.25) is 0 Å². The Morgan fingerprint density at radius 3 is 3.07 bits per heavy atom. The summed E-state index contributed by atoms with van der Waals surface area (Å²) in [6.07, 6.45) is 6.37. The Kier molecular flexibility index (Phi) is 3.48.